The third-order valence-electron chi connectivity index (χ3n) is 3.38. The number of aromatic nitrogens is 1. The van der Waals surface area contributed by atoms with Crippen LogP contribution in [0.15, 0.2) is 48.8 Å². The van der Waals surface area contributed by atoms with Crippen molar-refractivity contribution in [1.82, 2.24) is 4.98 Å². The van der Waals surface area contributed by atoms with Gasteiger partial charge in [0.25, 0.3) is 0 Å². The molecule has 0 unspecified atom stereocenters. The molecule has 2 heterocycles. The van der Waals surface area contributed by atoms with Gasteiger partial charge in [0.05, 0.1) is 25.1 Å². The predicted octanol–water partition coefficient (Wildman–Crippen LogP) is 3.90. The molecule has 0 saturated heterocycles. The molecule has 2 aromatic rings. The summed E-state index contributed by atoms with van der Waals surface area (Å²) in [5.74, 6) is 1.80. The Hall–Kier alpha value is -2.70. The van der Waals surface area contributed by atoms with Gasteiger partial charge in [-0.2, -0.15) is 13.2 Å². The minimum Gasteiger partial charge on any atom is -0.495 e. The molecule has 0 aliphatic carbocycles. The number of rotatable bonds is 3. The summed E-state index contributed by atoms with van der Waals surface area (Å²) in [5.41, 5.74) is -0.109. The third-order valence-corrected chi connectivity index (χ3v) is 3.38. The zero-order valence-electron chi connectivity index (χ0n) is 12.2. The number of ether oxygens (including phenoxy) is 2. The maximum absolute atomic E-state index is 12.6. The minimum atomic E-state index is -4.34. The van der Waals surface area contributed by atoms with Crippen molar-refractivity contribution in [3.8, 4) is 5.75 Å². The summed E-state index contributed by atoms with van der Waals surface area (Å²) in [5, 5.41) is 0. The lowest BCUT2D eigenvalue weighted by molar-refractivity contribution is -0.137. The molecular weight excluding hydrogens is 309 g/mol. The van der Waals surface area contributed by atoms with E-state index in [2.05, 4.69) is 4.98 Å². The molecule has 0 saturated carbocycles. The molecule has 0 bridgehead atoms. The van der Waals surface area contributed by atoms with Crippen molar-refractivity contribution in [3.63, 3.8) is 0 Å². The van der Waals surface area contributed by atoms with Gasteiger partial charge < -0.3 is 9.47 Å². The Morgan fingerprint density at radius 2 is 1.87 bits per heavy atom. The van der Waals surface area contributed by atoms with Crippen molar-refractivity contribution >= 4 is 11.6 Å². The zero-order valence-corrected chi connectivity index (χ0v) is 12.2. The summed E-state index contributed by atoms with van der Waals surface area (Å²) in [6, 6.07) is 8.39. The summed E-state index contributed by atoms with van der Waals surface area (Å²) >= 11 is 0. The van der Waals surface area contributed by atoms with E-state index >= 15 is 0 Å². The van der Waals surface area contributed by atoms with Crippen LogP contribution in [0.2, 0.25) is 0 Å². The number of nitrogens with zero attached hydrogens (tertiary/aromatic N) is 2. The van der Waals surface area contributed by atoms with Crippen LogP contribution in [0.1, 0.15) is 11.1 Å². The normalized spacial score (nSPS) is 14.4. The quantitative estimate of drug-likeness (QED) is 0.858. The fraction of sp³-hybridized carbons (Fsp3) is 0.188. The molecule has 23 heavy (non-hydrogen) atoms. The summed E-state index contributed by atoms with van der Waals surface area (Å²) in [7, 11) is 1.55. The van der Waals surface area contributed by atoms with E-state index in [1.165, 1.54) is 12.1 Å². The van der Waals surface area contributed by atoms with Crippen LogP contribution in [0.3, 0.4) is 0 Å². The van der Waals surface area contributed by atoms with Crippen LogP contribution < -0.4 is 9.64 Å². The van der Waals surface area contributed by atoms with Crippen molar-refractivity contribution in [2.75, 3.05) is 18.7 Å². The van der Waals surface area contributed by atoms with Crippen LogP contribution in [0.4, 0.5) is 19.0 Å². The molecule has 1 aliphatic rings. The predicted molar refractivity (Wildman–Crippen MR) is 78.6 cm³/mol. The van der Waals surface area contributed by atoms with E-state index in [1.54, 1.807) is 36.5 Å². The Morgan fingerprint density at radius 3 is 2.43 bits per heavy atom. The molecule has 1 aromatic carbocycles. The van der Waals surface area contributed by atoms with Gasteiger partial charge in [-0.15, -0.1) is 0 Å². The van der Waals surface area contributed by atoms with Crippen molar-refractivity contribution in [2.24, 2.45) is 0 Å². The van der Waals surface area contributed by atoms with Gasteiger partial charge in [0.15, 0.2) is 6.73 Å². The molecule has 0 radical (unpaired) electrons. The van der Waals surface area contributed by atoms with E-state index in [4.69, 9.17) is 9.47 Å². The Kier molecular flexibility index (Phi) is 3.85. The molecule has 0 N–H and O–H groups in total. The van der Waals surface area contributed by atoms with Crippen molar-refractivity contribution < 1.29 is 22.6 Å². The van der Waals surface area contributed by atoms with Crippen molar-refractivity contribution in [1.29, 1.82) is 0 Å². The van der Waals surface area contributed by atoms with Gasteiger partial charge in [-0.05, 0) is 24.3 Å². The van der Waals surface area contributed by atoms with Gasteiger partial charge in [0.2, 0.25) is 0 Å². The molecule has 1 aliphatic heterocycles. The molecule has 4 nitrogen and oxygen atoms in total. The summed E-state index contributed by atoms with van der Waals surface area (Å²) in [4.78, 5) is 5.99. The Balaban J connectivity index is 1.79. The standard InChI is InChI=1S/C16H13F3N2O2/c1-22-13-6-7-15(20-8-13)21-9-14(23-10-21)11-2-4-12(5-3-11)16(17,18)19/h2-9H,10H2,1H3. The van der Waals surface area contributed by atoms with Gasteiger partial charge in [-0.25, -0.2) is 4.98 Å². The Bertz CT molecular complexity index is 710. The maximum Gasteiger partial charge on any atom is 0.416 e. The third kappa shape index (κ3) is 3.23. The zero-order chi connectivity index (χ0) is 16.4. The first-order valence-corrected chi connectivity index (χ1v) is 6.76. The van der Waals surface area contributed by atoms with Crippen LogP contribution in [-0.4, -0.2) is 18.8 Å². The van der Waals surface area contributed by atoms with Crippen LogP contribution in [-0.2, 0) is 10.9 Å². The van der Waals surface area contributed by atoms with Crippen LogP contribution >= 0.6 is 0 Å². The second-order valence-corrected chi connectivity index (χ2v) is 4.87. The Labute approximate surface area is 130 Å². The van der Waals surface area contributed by atoms with E-state index in [0.717, 1.165) is 12.1 Å². The fourth-order valence-electron chi connectivity index (χ4n) is 2.13. The first-order chi connectivity index (χ1) is 11.0. The summed E-state index contributed by atoms with van der Waals surface area (Å²) < 4.78 is 48.3. The molecule has 7 heteroatoms. The number of hydrogen-bond donors (Lipinski definition) is 0. The van der Waals surface area contributed by atoms with Gasteiger partial charge in [0.1, 0.15) is 17.3 Å². The average Bonchev–Trinajstić information content (AvgIpc) is 3.04. The first kappa shape index (κ1) is 15.2. The Morgan fingerprint density at radius 1 is 1.13 bits per heavy atom. The smallest absolute Gasteiger partial charge is 0.416 e. The molecule has 0 amide bonds. The molecular formula is C16H13F3N2O2. The lowest BCUT2D eigenvalue weighted by atomic mass is 10.1. The lowest BCUT2D eigenvalue weighted by Gasteiger charge is -2.12. The molecule has 0 fully saturated rings. The second kappa shape index (κ2) is 5.83. The van der Waals surface area contributed by atoms with Crippen molar-refractivity contribution in [2.45, 2.75) is 6.18 Å². The van der Waals surface area contributed by atoms with Crippen LogP contribution in [0, 0.1) is 0 Å². The highest BCUT2D eigenvalue weighted by Crippen LogP contribution is 2.31. The highest BCUT2D eigenvalue weighted by atomic mass is 19.4. The molecule has 0 atom stereocenters. The number of benzene rings is 1. The molecule has 1 aromatic heterocycles. The highest BCUT2D eigenvalue weighted by Gasteiger charge is 2.30. The van der Waals surface area contributed by atoms with Crippen LogP contribution in [0.25, 0.3) is 5.76 Å². The topological polar surface area (TPSA) is 34.6 Å². The first-order valence-electron chi connectivity index (χ1n) is 6.76. The van der Waals surface area contributed by atoms with Gasteiger partial charge in [0, 0.05) is 5.56 Å². The molecule has 3 rings (SSSR count). The number of methoxy groups -OCH3 is 1. The van der Waals surface area contributed by atoms with Gasteiger partial charge >= 0.3 is 6.18 Å². The minimum absolute atomic E-state index is 0.246. The largest absolute Gasteiger partial charge is 0.495 e. The lowest BCUT2D eigenvalue weighted by Crippen LogP contribution is -2.14. The van der Waals surface area contributed by atoms with Gasteiger partial charge in [-0.3, -0.25) is 4.90 Å². The second-order valence-electron chi connectivity index (χ2n) is 4.87. The number of anilines is 1. The molecule has 120 valence electrons. The van der Waals surface area contributed by atoms with Crippen molar-refractivity contribution in [3.05, 3.63) is 59.9 Å². The van der Waals surface area contributed by atoms with E-state index in [-0.39, 0.29) is 6.73 Å². The number of pyridine rings is 1. The monoisotopic (exact) mass is 322 g/mol. The average molecular weight is 322 g/mol. The fourth-order valence-corrected chi connectivity index (χ4v) is 2.13. The number of alkyl halides is 3. The highest BCUT2D eigenvalue weighted by molar-refractivity contribution is 5.66. The number of halogens is 3. The van der Waals surface area contributed by atoms with Gasteiger partial charge in [-0.1, -0.05) is 12.1 Å². The summed E-state index contributed by atoms with van der Waals surface area (Å²) in [6.45, 7) is 0.246. The summed E-state index contributed by atoms with van der Waals surface area (Å²) in [6.07, 6.45) is -1.06. The van der Waals surface area contributed by atoms with E-state index in [9.17, 15) is 13.2 Å². The SMILES string of the molecule is COc1ccc(N2C=C(c3ccc(C(F)(F)F)cc3)OC2)nc1. The number of hydrogen-bond acceptors (Lipinski definition) is 4. The van der Waals surface area contributed by atoms with E-state index in [1.807, 2.05) is 0 Å². The molecule has 0 spiro atoms. The van der Waals surface area contributed by atoms with E-state index in [0.29, 0.717) is 22.9 Å². The van der Waals surface area contributed by atoms with Crippen LogP contribution in [0.5, 0.6) is 5.75 Å². The maximum atomic E-state index is 12.6. The van der Waals surface area contributed by atoms with E-state index < -0.39 is 11.7 Å².